The van der Waals surface area contributed by atoms with Gasteiger partial charge in [-0.05, 0) is 39.5 Å². The summed E-state index contributed by atoms with van der Waals surface area (Å²) < 4.78 is 17.6. The fourth-order valence-electron chi connectivity index (χ4n) is 0.857. The molecule has 0 aromatic carbocycles. The average Bonchev–Trinajstić information content (AvgIpc) is 2.08. The van der Waals surface area contributed by atoms with E-state index in [0.29, 0.717) is 0 Å². The molecule has 0 aliphatic carbocycles. The Morgan fingerprint density at radius 3 is 2.18 bits per heavy atom. The van der Waals surface area contributed by atoms with Gasteiger partial charge in [0.2, 0.25) is 5.95 Å². The molecule has 0 N–H and O–H groups in total. The van der Waals surface area contributed by atoms with E-state index < -0.39 is 0 Å². The van der Waals surface area contributed by atoms with Crippen molar-refractivity contribution in [2.45, 2.75) is 26.2 Å². The minimum Gasteiger partial charge on any atom is -0.184 e. The van der Waals surface area contributed by atoms with Gasteiger partial charge >= 0.3 is 0 Å². The molecule has 62 valence electrons. The molecule has 0 spiro atoms. The molecular formula is C7H9FINS. The van der Waals surface area contributed by atoms with Gasteiger partial charge in [0.25, 0.3) is 0 Å². The van der Waals surface area contributed by atoms with Crippen molar-refractivity contribution in [2.24, 2.45) is 0 Å². The van der Waals surface area contributed by atoms with E-state index in [1.165, 1.54) is 11.5 Å². The van der Waals surface area contributed by atoms with Gasteiger partial charge in [-0.25, -0.2) is 0 Å². The van der Waals surface area contributed by atoms with Crippen LogP contribution in [-0.2, 0) is 5.41 Å². The molecule has 0 amide bonds. The molecule has 0 saturated heterocycles. The Morgan fingerprint density at radius 2 is 2.00 bits per heavy atom. The maximum atomic E-state index is 13.0. The first-order valence-electron chi connectivity index (χ1n) is 3.24. The fraction of sp³-hybridized carbons (Fsp3) is 0.571. The van der Waals surface area contributed by atoms with Crippen molar-refractivity contribution in [3.8, 4) is 0 Å². The van der Waals surface area contributed by atoms with Crippen LogP contribution in [0, 0.1) is 8.83 Å². The van der Waals surface area contributed by atoms with Crippen molar-refractivity contribution in [1.29, 1.82) is 0 Å². The molecular weight excluding hydrogens is 276 g/mol. The van der Waals surface area contributed by atoms with Crippen LogP contribution in [0.5, 0.6) is 0 Å². The van der Waals surface area contributed by atoms with Gasteiger partial charge < -0.3 is 0 Å². The number of halogens is 2. The lowest BCUT2D eigenvalue weighted by atomic mass is 9.90. The summed E-state index contributed by atoms with van der Waals surface area (Å²) in [7, 11) is 0. The summed E-state index contributed by atoms with van der Waals surface area (Å²) in [4.78, 5) is 0. The first-order valence-corrected chi connectivity index (χ1v) is 5.09. The number of hydrogen-bond acceptors (Lipinski definition) is 2. The number of rotatable bonds is 0. The highest BCUT2D eigenvalue weighted by Gasteiger charge is 2.24. The van der Waals surface area contributed by atoms with E-state index in [0.717, 1.165) is 8.45 Å². The van der Waals surface area contributed by atoms with Crippen molar-refractivity contribution in [2.75, 3.05) is 0 Å². The lowest BCUT2D eigenvalue weighted by molar-refractivity contribution is 0.509. The van der Waals surface area contributed by atoms with E-state index in [1.54, 1.807) is 0 Å². The summed E-state index contributed by atoms with van der Waals surface area (Å²) >= 11 is 3.34. The first-order chi connectivity index (χ1) is 4.93. The van der Waals surface area contributed by atoms with Crippen molar-refractivity contribution in [3.05, 3.63) is 14.4 Å². The Balaban J connectivity index is 3.21. The Hall–Kier alpha value is 0.290. The van der Waals surface area contributed by atoms with E-state index in [2.05, 4.69) is 27.0 Å². The van der Waals surface area contributed by atoms with E-state index in [4.69, 9.17) is 0 Å². The molecule has 4 heteroatoms. The summed E-state index contributed by atoms with van der Waals surface area (Å²) in [6.07, 6.45) is 0. The molecule has 0 unspecified atom stereocenters. The van der Waals surface area contributed by atoms with Gasteiger partial charge in [0.1, 0.15) is 0 Å². The maximum Gasteiger partial charge on any atom is 0.229 e. The standard InChI is InChI=1S/C7H9FINS/c1-7(2,3)4-5(8)10-11-6(4)9/h1-3H3. The Kier molecular flexibility index (Phi) is 2.53. The van der Waals surface area contributed by atoms with Crippen molar-refractivity contribution >= 4 is 34.1 Å². The zero-order valence-electron chi connectivity index (χ0n) is 6.61. The minimum atomic E-state index is -0.313. The molecule has 0 bridgehead atoms. The van der Waals surface area contributed by atoms with E-state index in [-0.39, 0.29) is 11.4 Å². The monoisotopic (exact) mass is 285 g/mol. The Morgan fingerprint density at radius 1 is 1.45 bits per heavy atom. The third-order valence-corrected chi connectivity index (χ3v) is 3.11. The SMILES string of the molecule is CC(C)(C)c1c(F)nsc1I. The van der Waals surface area contributed by atoms with Crippen LogP contribution in [0.3, 0.4) is 0 Å². The molecule has 0 aliphatic heterocycles. The first kappa shape index (κ1) is 9.38. The molecule has 1 rings (SSSR count). The van der Waals surface area contributed by atoms with Gasteiger partial charge in [-0.1, -0.05) is 20.8 Å². The number of aromatic nitrogens is 1. The molecule has 0 radical (unpaired) electrons. The summed E-state index contributed by atoms with van der Waals surface area (Å²) in [6.45, 7) is 5.96. The van der Waals surface area contributed by atoms with E-state index in [9.17, 15) is 4.39 Å². The van der Waals surface area contributed by atoms with Crippen LogP contribution in [0.1, 0.15) is 26.3 Å². The Bertz CT molecular complexity index is 244. The van der Waals surface area contributed by atoms with E-state index in [1.807, 2.05) is 20.8 Å². The highest BCUT2D eigenvalue weighted by Crippen LogP contribution is 2.31. The highest BCUT2D eigenvalue weighted by atomic mass is 127. The lowest BCUT2D eigenvalue weighted by Crippen LogP contribution is -2.13. The van der Waals surface area contributed by atoms with Crippen LogP contribution >= 0.6 is 34.1 Å². The van der Waals surface area contributed by atoms with Crippen LogP contribution < -0.4 is 0 Å². The maximum absolute atomic E-state index is 13.0. The average molecular weight is 285 g/mol. The second kappa shape index (κ2) is 2.97. The predicted molar refractivity (Wildman–Crippen MR) is 53.5 cm³/mol. The molecule has 0 saturated carbocycles. The number of hydrogen-bond donors (Lipinski definition) is 0. The third-order valence-electron chi connectivity index (χ3n) is 1.36. The van der Waals surface area contributed by atoms with Gasteiger partial charge in [0, 0.05) is 5.56 Å². The predicted octanol–water partition coefficient (Wildman–Crippen LogP) is 3.18. The van der Waals surface area contributed by atoms with Crippen LogP contribution in [-0.4, -0.2) is 4.37 Å². The highest BCUT2D eigenvalue weighted by molar-refractivity contribution is 14.1. The van der Waals surface area contributed by atoms with Crippen molar-refractivity contribution < 1.29 is 4.39 Å². The third kappa shape index (κ3) is 1.90. The summed E-state index contributed by atoms with van der Waals surface area (Å²) in [5, 5.41) is 0. The minimum absolute atomic E-state index is 0.131. The van der Waals surface area contributed by atoms with Crippen LogP contribution in [0.25, 0.3) is 0 Å². The van der Waals surface area contributed by atoms with Gasteiger partial charge in [0.05, 0.1) is 2.88 Å². The smallest absolute Gasteiger partial charge is 0.184 e. The van der Waals surface area contributed by atoms with E-state index >= 15 is 0 Å². The van der Waals surface area contributed by atoms with Crippen molar-refractivity contribution in [3.63, 3.8) is 0 Å². The largest absolute Gasteiger partial charge is 0.229 e. The molecule has 11 heavy (non-hydrogen) atoms. The number of nitrogens with zero attached hydrogens (tertiary/aromatic N) is 1. The summed E-state index contributed by atoms with van der Waals surface area (Å²) in [5.41, 5.74) is 0.608. The molecule has 1 aromatic heterocycles. The molecule has 1 aromatic rings. The summed E-state index contributed by atoms with van der Waals surface area (Å²) in [5.74, 6) is -0.313. The van der Waals surface area contributed by atoms with Gasteiger partial charge in [-0.15, -0.1) is 0 Å². The molecule has 0 fully saturated rings. The van der Waals surface area contributed by atoms with Crippen molar-refractivity contribution in [1.82, 2.24) is 4.37 Å². The zero-order valence-corrected chi connectivity index (χ0v) is 9.59. The van der Waals surface area contributed by atoms with Crippen LogP contribution in [0.4, 0.5) is 4.39 Å². The molecule has 1 nitrogen and oxygen atoms in total. The van der Waals surface area contributed by atoms with Gasteiger partial charge in [-0.2, -0.15) is 8.76 Å². The quantitative estimate of drug-likeness (QED) is 0.667. The molecule has 1 heterocycles. The van der Waals surface area contributed by atoms with Crippen LogP contribution in [0.15, 0.2) is 0 Å². The zero-order chi connectivity index (χ0) is 8.65. The molecule has 0 aliphatic rings. The van der Waals surface area contributed by atoms with Gasteiger partial charge in [-0.3, -0.25) is 0 Å². The second-order valence-electron chi connectivity index (χ2n) is 3.37. The molecule has 0 atom stereocenters. The Labute approximate surface area is 83.3 Å². The fourth-order valence-corrected chi connectivity index (χ4v) is 2.92. The summed E-state index contributed by atoms with van der Waals surface area (Å²) in [6, 6.07) is 0. The van der Waals surface area contributed by atoms with Crippen LogP contribution in [0.2, 0.25) is 0 Å². The normalized spacial score (nSPS) is 12.1. The topological polar surface area (TPSA) is 12.9 Å². The lowest BCUT2D eigenvalue weighted by Gasteiger charge is -2.16. The van der Waals surface area contributed by atoms with Gasteiger partial charge in [0.15, 0.2) is 0 Å². The second-order valence-corrected chi connectivity index (χ2v) is 5.96.